The molecule has 1 atom stereocenters. The van der Waals surface area contributed by atoms with E-state index in [4.69, 9.17) is 0 Å². The van der Waals surface area contributed by atoms with Crippen LogP contribution in [0.25, 0.3) is 0 Å². The molecule has 0 aromatic carbocycles. The summed E-state index contributed by atoms with van der Waals surface area (Å²) in [7, 11) is 0. The highest BCUT2D eigenvalue weighted by Crippen LogP contribution is 2.12. The minimum Gasteiger partial charge on any atom is -0.374 e. The van der Waals surface area contributed by atoms with Crippen molar-refractivity contribution in [1.82, 2.24) is 4.90 Å². The minimum atomic E-state index is -1.03. The Kier molecular flexibility index (Phi) is 4.38. The minimum absolute atomic E-state index is 0.702. The molecule has 1 aliphatic rings. The average molecular weight is 207 g/mol. The van der Waals surface area contributed by atoms with Crippen molar-refractivity contribution in [3.8, 4) is 11.8 Å². The van der Waals surface area contributed by atoms with Crippen LogP contribution in [-0.2, 0) is 0 Å². The fourth-order valence-electron chi connectivity index (χ4n) is 1.55. The molecule has 0 bridgehead atoms. The number of nitrogens with zero attached hydrogens (tertiary/aromatic N) is 1. The second-order valence-corrected chi connectivity index (χ2v) is 4.49. The third-order valence-corrected chi connectivity index (χ3v) is 2.91. The van der Waals surface area contributed by atoms with Gasteiger partial charge in [-0.3, -0.25) is 4.90 Å². The lowest BCUT2D eigenvalue weighted by Crippen LogP contribution is -2.30. The molecule has 0 amide bonds. The molecule has 1 rings (SSSR count). The van der Waals surface area contributed by atoms with Gasteiger partial charge in [0, 0.05) is 0 Å². The van der Waals surface area contributed by atoms with Crippen molar-refractivity contribution in [2.75, 3.05) is 19.6 Å². The molecule has 2 nitrogen and oxygen atoms in total. The maximum absolute atomic E-state index is 9.83. The van der Waals surface area contributed by atoms with Crippen molar-refractivity contribution in [3.63, 3.8) is 0 Å². The van der Waals surface area contributed by atoms with Gasteiger partial charge in [-0.15, -0.1) is 0 Å². The van der Waals surface area contributed by atoms with Crippen molar-refractivity contribution in [1.29, 1.82) is 0 Å². The molecule has 15 heavy (non-hydrogen) atoms. The lowest BCUT2D eigenvalue weighted by Gasteiger charge is -2.24. The summed E-state index contributed by atoms with van der Waals surface area (Å²) < 4.78 is 0. The van der Waals surface area contributed by atoms with Crippen molar-refractivity contribution in [2.45, 2.75) is 38.7 Å². The van der Waals surface area contributed by atoms with Gasteiger partial charge in [0.05, 0.1) is 6.54 Å². The third kappa shape index (κ3) is 4.07. The van der Waals surface area contributed by atoms with Crippen LogP contribution in [0, 0.1) is 11.8 Å². The Morgan fingerprint density at radius 3 is 2.53 bits per heavy atom. The van der Waals surface area contributed by atoms with Crippen LogP contribution >= 0.6 is 0 Å². The molecule has 0 aromatic rings. The molecule has 0 spiro atoms. The summed E-state index contributed by atoms with van der Waals surface area (Å²) in [6, 6.07) is 0. The zero-order chi connectivity index (χ0) is 11.3. The van der Waals surface area contributed by atoms with E-state index in [1.165, 1.54) is 19.3 Å². The number of hydrogen-bond donors (Lipinski definition) is 1. The third-order valence-electron chi connectivity index (χ3n) is 2.91. The summed E-state index contributed by atoms with van der Waals surface area (Å²) in [5.41, 5.74) is -0.330. The molecule has 0 aromatic heterocycles. The Hall–Kier alpha value is -0.780. The first kappa shape index (κ1) is 12.3. The zero-order valence-electron chi connectivity index (χ0n) is 9.84. The Morgan fingerprint density at radius 1 is 1.40 bits per heavy atom. The lowest BCUT2D eigenvalue weighted by atomic mass is 10.00. The molecule has 2 heteroatoms. The smallest absolute Gasteiger partial charge is 0.143 e. The van der Waals surface area contributed by atoms with E-state index in [9.17, 15) is 5.11 Å². The van der Waals surface area contributed by atoms with E-state index in [1.54, 1.807) is 13.8 Å². The molecule has 1 N–H and O–H groups in total. The summed E-state index contributed by atoms with van der Waals surface area (Å²) in [5, 5.41) is 9.83. The van der Waals surface area contributed by atoms with E-state index >= 15 is 0 Å². The summed E-state index contributed by atoms with van der Waals surface area (Å²) in [4.78, 5) is 2.34. The van der Waals surface area contributed by atoms with Gasteiger partial charge in [-0.25, -0.2) is 0 Å². The Bertz CT molecular complexity index is 277. The number of rotatable bonds is 2. The van der Waals surface area contributed by atoms with E-state index < -0.39 is 5.60 Å². The number of aliphatic hydroxyl groups is 1. The standard InChI is InChI=1S/C13H21NO/c1-12(2)13(3,15)8-7-11-14-9-5-4-6-10-14/h15H,1,4-6,9-11H2,2-3H3. The van der Waals surface area contributed by atoms with Crippen molar-refractivity contribution >= 4 is 0 Å². The van der Waals surface area contributed by atoms with Gasteiger partial charge in [0.25, 0.3) is 0 Å². The van der Waals surface area contributed by atoms with Crippen LogP contribution in [0.5, 0.6) is 0 Å². The van der Waals surface area contributed by atoms with E-state index in [1.807, 2.05) is 0 Å². The highest BCUT2D eigenvalue weighted by Gasteiger charge is 2.17. The maximum atomic E-state index is 9.83. The molecule has 84 valence electrons. The van der Waals surface area contributed by atoms with Crippen LogP contribution in [0.1, 0.15) is 33.1 Å². The van der Waals surface area contributed by atoms with E-state index in [-0.39, 0.29) is 0 Å². The van der Waals surface area contributed by atoms with Crippen LogP contribution in [0.2, 0.25) is 0 Å². The van der Waals surface area contributed by atoms with E-state index in [2.05, 4.69) is 23.3 Å². The number of likely N-dealkylation sites (tertiary alicyclic amines) is 1. The van der Waals surface area contributed by atoms with Gasteiger partial charge >= 0.3 is 0 Å². The topological polar surface area (TPSA) is 23.5 Å². The van der Waals surface area contributed by atoms with Gasteiger partial charge in [-0.2, -0.15) is 0 Å². The van der Waals surface area contributed by atoms with Gasteiger partial charge < -0.3 is 5.11 Å². The zero-order valence-corrected chi connectivity index (χ0v) is 9.84. The predicted molar refractivity (Wildman–Crippen MR) is 63.5 cm³/mol. The second kappa shape index (κ2) is 5.34. The van der Waals surface area contributed by atoms with Crippen molar-refractivity contribution in [2.24, 2.45) is 0 Å². The fraction of sp³-hybridized carbons (Fsp3) is 0.692. The molecule has 1 aliphatic heterocycles. The molecule has 1 unspecified atom stereocenters. The SMILES string of the molecule is C=C(C)C(C)(O)C#CCN1CCCCC1. The molecule has 1 saturated heterocycles. The number of hydrogen-bond acceptors (Lipinski definition) is 2. The normalized spacial score (nSPS) is 21.3. The quantitative estimate of drug-likeness (QED) is 0.551. The summed E-state index contributed by atoms with van der Waals surface area (Å²) in [5.74, 6) is 5.91. The first-order valence-corrected chi connectivity index (χ1v) is 5.63. The fourth-order valence-corrected chi connectivity index (χ4v) is 1.55. The van der Waals surface area contributed by atoms with Crippen LogP contribution < -0.4 is 0 Å². The maximum Gasteiger partial charge on any atom is 0.143 e. The second-order valence-electron chi connectivity index (χ2n) is 4.49. The first-order chi connectivity index (χ1) is 7.02. The van der Waals surface area contributed by atoms with Gasteiger partial charge in [0.2, 0.25) is 0 Å². The first-order valence-electron chi connectivity index (χ1n) is 5.63. The van der Waals surface area contributed by atoms with Crippen molar-refractivity contribution in [3.05, 3.63) is 12.2 Å². The highest BCUT2D eigenvalue weighted by atomic mass is 16.3. The molecule has 1 heterocycles. The monoisotopic (exact) mass is 207 g/mol. The van der Waals surface area contributed by atoms with Crippen LogP contribution in [0.3, 0.4) is 0 Å². The Balaban J connectivity index is 2.41. The van der Waals surface area contributed by atoms with Crippen molar-refractivity contribution < 1.29 is 5.11 Å². The molecule has 0 radical (unpaired) electrons. The largest absolute Gasteiger partial charge is 0.374 e. The van der Waals surface area contributed by atoms with Crippen LogP contribution in [0.4, 0.5) is 0 Å². The van der Waals surface area contributed by atoms with Gasteiger partial charge in [0.1, 0.15) is 5.60 Å². The Labute approximate surface area is 93.0 Å². The molecular weight excluding hydrogens is 186 g/mol. The highest BCUT2D eigenvalue weighted by molar-refractivity contribution is 5.26. The predicted octanol–water partition coefficient (Wildman–Crippen LogP) is 1.80. The number of piperidine rings is 1. The van der Waals surface area contributed by atoms with E-state index in [0.29, 0.717) is 5.57 Å². The van der Waals surface area contributed by atoms with E-state index in [0.717, 1.165) is 19.6 Å². The lowest BCUT2D eigenvalue weighted by molar-refractivity contribution is 0.161. The summed E-state index contributed by atoms with van der Waals surface area (Å²) in [6.45, 7) is 10.3. The molecular formula is C13H21NO. The molecule has 0 saturated carbocycles. The Morgan fingerprint density at radius 2 is 2.00 bits per heavy atom. The van der Waals surface area contributed by atoms with Crippen LogP contribution in [-0.4, -0.2) is 35.2 Å². The van der Waals surface area contributed by atoms with Crippen LogP contribution in [0.15, 0.2) is 12.2 Å². The molecule has 1 fully saturated rings. The molecule has 0 aliphatic carbocycles. The van der Waals surface area contributed by atoms with Gasteiger partial charge in [-0.1, -0.05) is 24.8 Å². The van der Waals surface area contributed by atoms with Gasteiger partial charge in [0.15, 0.2) is 0 Å². The average Bonchev–Trinajstić information content (AvgIpc) is 2.19. The summed E-state index contributed by atoms with van der Waals surface area (Å²) in [6.07, 6.45) is 3.89. The summed E-state index contributed by atoms with van der Waals surface area (Å²) >= 11 is 0. The van der Waals surface area contributed by atoms with Gasteiger partial charge in [-0.05, 0) is 45.4 Å².